The summed E-state index contributed by atoms with van der Waals surface area (Å²) in [5, 5.41) is 0. The van der Waals surface area contributed by atoms with Crippen molar-refractivity contribution in [3.05, 3.63) is 53.1 Å². The van der Waals surface area contributed by atoms with E-state index in [2.05, 4.69) is 6.07 Å². The highest BCUT2D eigenvalue weighted by molar-refractivity contribution is 8.00. The highest BCUT2D eigenvalue weighted by atomic mass is 32.2. The molecule has 6 heteroatoms. The van der Waals surface area contributed by atoms with E-state index in [9.17, 15) is 9.59 Å². The molecule has 0 fully saturated rings. The van der Waals surface area contributed by atoms with Gasteiger partial charge in [-0.2, -0.15) is 0 Å². The number of ether oxygens (including phenoxy) is 3. The minimum Gasteiger partial charge on any atom is -0.497 e. The Morgan fingerprint density at radius 3 is 2.42 bits per heavy atom. The van der Waals surface area contributed by atoms with Gasteiger partial charge in [-0.3, -0.25) is 9.59 Å². The van der Waals surface area contributed by atoms with E-state index in [-0.39, 0.29) is 18.1 Å². The van der Waals surface area contributed by atoms with E-state index in [0.717, 1.165) is 10.5 Å². The van der Waals surface area contributed by atoms with Gasteiger partial charge in [0.25, 0.3) is 0 Å². The van der Waals surface area contributed by atoms with E-state index in [4.69, 9.17) is 14.2 Å². The molecule has 0 unspecified atom stereocenters. The Bertz CT molecular complexity index is 801. The Labute approximate surface area is 157 Å². The maximum atomic E-state index is 12.3. The first-order chi connectivity index (χ1) is 12.4. The van der Waals surface area contributed by atoms with E-state index >= 15 is 0 Å². The van der Waals surface area contributed by atoms with Crippen LogP contribution in [0.5, 0.6) is 11.5 Å². The maximum Gasteiger partial charge on any atom is 0.316 e. The van der Waals surface area contributed by atoms with Crippen molar-refractivity contribution in [3.63, 3.8) is 0 Å². The Hall–Kier alpha value is -2.47. The van der Waals surface area contributed by atoms with Crippen molar-refractivity contribution in [2.45, 2.75) is 18.7 Å². The zero-order valence-electron chi connectivity index (χ0n) is 15.3. The lowest BCUT2D eigenvalue weighted by Gasteiger charge is -2.10. The monoisotopic (exact) mass is 374 g/mol. The second-order valence-corrected chi connectivity index (χ2v) is 6.72. The van der Waals surface area contributed by atoms with Gasteiger partial charge in [0.15, 0.2) is 6.61 Å². The number of esters is 1. The van der Waals surface area contributed by atoms with Crippen LogP contribution in [-0.2, 0) is 9.53 Å². The second-order valence-electron chi connectivity index (χ2n) is 5.71. The summed E-state index contributed by atoms with van der Waals surface area (Å²) in [6.07, 6.45) is 0. The predicted octanol–water partition coefficient (Wildman–Crippen LogP) is 3.84. The number of benzene rings is 2. The van der Waals surface area contributed by atoms with E-state index in [1.165, 1.54) is 31.5 Å². The summed E-state index contributed by atoms with van der Waals surface area (Å²) in [5.41, 5.74) is 2.61. The molecule has 2 aromatic carbocycles. The fraction of sp³-hybridized carbons (Fsp3) is 0.300. The molecule has 0 atom stereocenters. The zero-order valence-corrected chi connectivity index (χ0v) is 16.1. The zero-order chi connectivity index (χ0) is 19.1. The van der Waals surface area contributed by atoms with E-state index in [0.29, 0.717) is 17.1 Å². The molecule has 2 rings (SSSR count). The first-order valence-corrected chi connectivity index (χ1v) is 9.04. The molecule has 0 saturated carbocycles. The number of hydrogen-bond donors (Lipinski definition) is 0. The molecule has 0 saturated heterocycles. The topological polar surface area (TPSA) is 61.8 Å². The minimum absolute atomic E-state index is 0.145. The molecule has 0 aliphatic rings. The van der Waals surface area contributed by atoms with Crippen LogP contribution in [0.25, 0.3) is 0 Å². The predicted molar refractivity (Wildman–Crippen MR) is 101 cm³/mol. The largest absolute Gasteiger partial charge is 0.497 e. The van der Waals surface area contributed by atoms with Crippen LogP contribution in [0.15, 0.2) is 41.3 Å². The van der Waals surface area contributed by atoms with Gasteiger partial charge in [0, 0.05) is 4.90 Å². The van der Waals surface area contributed by atoms with Gasteiger partial charge in [-0.1, -0.05) is 17.7 Å². The van der Waals surface area contributed by atoms with Gasteiger partial charge in [0.05, 0.1) is 25.5 Å². The van der Waals surface area contributed by atoms with Crippen LogP contribution in [0.2, 0.25) is 0 Å². The van der Waals surface area contributed by atoms with Gasteiger partial charge in [-0.25, -0.2) is 0 Å². The molecule has 0 N–H and O–H groups in total. The molecule has 0 aliphatic carbocycles. The third kappa shape index (κ3) is 5.26. The molecule has 0 aliphatic heterocycles. The number of methoxy groups -OCH3 is 2. The van der Waals surface area contributed by atoms with Crippen LogP contribution in [0.3, 0.4) is 0 Å². The quantitative estimate of drug-likeness (QED) is 0.397. The molecule has 0 heterocycles. The molecule has 138 valence electrons. The number of carbonyl (C=O) groups excluding carboxylic acids is 2. The summed E-state index contributed by atoms with van der Waals surface area (Å²) in [6.45, 7) is 3.68. The van der Waals surface area contributed by atoms with Crippen molar-refractivity contribution in [1.29, 1.82) is 0 Å². The standard InChI is InChI=1S/C20H22O5S/c1-13-5-8-19(14(2)9-13)26-12-20(22)25-11-17(21)16-10-15(23-3)6-7-18(16)24-4/h5-10H,11-12H2,1-4H3. The molecular weight excluding hydrogens is 352 g/mol. The first-order valence-electron chi connectivity index (χ1n) is 8.05. The fourth-order valence-electron chi connectivity index (χ4n) is 2.40. The van der Waals surface area contributed by atoms with Gasteiger partial charge in [-0.05, 0) is 43.7 Å². The van der Waals surface area contributed by atoms with Crippen molar-refractivity contribution >= 4 is 23.5 Å². The summed E-state index contributed by atoms with van der Waals surface area (Å²) in [5.74, 6) is 0.310. The van der Waals surface area contributed by atoms with Crippen molar-refractivity contribution in [2.24, 2.45) is 0 Å². The van der Waals surface area contributed by atoms with Gasteiger partial charge < -0.3 is 14.2 Å². The Morgan fingerprint density at radius 1 is 1.00 bits per heavy atom. The molecule has 0 radical (unpaired) electrons. The number of aryl methyl sites for hydroxylation is 2. The van der Waals surface area contributed by atoms with Gasteiger partial charge in [-0.15, -0.1) is 11.8 Å². The van der Waals surface area contributed by atoms with E-state index in [1.54, 1.807) is 18.2 Å². The molecule has 2 aromatic rings. The summed E-state index contributed by atoms with van der Waals surface area (Å²) in [6, 6.07) is 11.0. The van der Waals surface area contributed by atoms with Crippen LogP contribution in [0, 0.1) is 13.8 Å². The van der Waals surface area contributed by atoms with Gasteiger partial charge in [0.2, 0.25) is 5.78 Å². The smallest absolute Gasteiger partial charge is 0.316 e. The van der Waals surface area contributed by atoms with E-state index < -0.39 is 5.97 Å². The van der Waals surface area contributed by atoms with Crippen molar-refractivity contribution < 1.29 is 23.8 Å². The second kappa shape index (κ2) is 9.29. The third-order valence-corrected chi connectivity index (χ3v) is 4.90. The summed E-state index contributed by atoms with van der Waals surface area (Å²) in [4.78, 5) is 25.3. The lowest BCUT2D eigenvalue weighted by Crippen LogP contribution is -2.16. The average Bonchev–Trinajstić information content (AvgIpc) is 2.64. The summed E-state index contributed by atoms with van der Waals surface area (Å²) >= 11 is 1.39. The lowest BCUT2D eigenvalue weighted by atomic mass is 10.1. The highest BCUT2D eigenvalue weighted by Crippen LogP contribution is 2.25. The first kappa shape index (κ1) is 19.8. The Balaban J connectivity index is 1.91. The third-order valence-electron chi connectivity index (χ3n) is 3.75. The number of carbonyl (C=O) groups is 2. The summed E-state index contributed by atoms with van der Waals surface area (Å²) in [7, 11) is 2.99. The van der Waals surface area contributed by atoms with Crippen LogP contribution in [-0.4, -0.2) is 38.3 Å². The minimum atomic E-state index is -0.440. The number of hydrogen-bond acceptors (Lipinski definition) is 6. The Morgan fingerprint density at radius 2 is 1.77 bits per heavy atom. The van der Waals surface area contributed by atoms with Crippen molar-refractivity contribution in [1.82, 2.24) is 0 Å². The molecule has 5 nitrogen and oxygen atoms in total. The SMILES string of the molecule is COc1ccc(OC)c(C(=O)COC(=O)CSc2ccc(C)cc2C)c1. The number of ketones is 1. The molecular formula is C20H22O5S. The van der Waals surface area contributed by atoms with Crippen molar-refractivity contribution in [2.75, 3.05) is 26.6 Å². The molecule has 0 spiro atoms. The average molecular weight is 374 g/mol. The van der Waals surface area contributed by atoms with Gasteiger partial charge >= 0.3 is 5.97 Å². The number of thioether (sulfide) groups is 1. The van der Waals surface area contributed by atoms with Crippen LogP contribution in [0.4, 0.5) is 0 Å². The normalized spacial score (nSPS) is 10.3. The summed E-state index contributed by atoms with van der Waals surface area (Å²) < 4.78 is 15.4. The fourth-order valence-corrected chi connectivity index (χ4v) is 3.20. The van der Waals surface area contributed by atoms with Crippen LogP contribution < -0.4 is 9.47 Å². The molecule has 0 amide bonds. The Kier molecular flexibility index (Phi) is 7.09. The van der Waals surface area contributed by atoms with Gasteiger partial charge in [0.1, 0.15) is 11.5 Å². The van der Waals surface area contributed by atoms with Crippen LogP contribution >= 0.6 is 11.8 Å². The molecule has 0 bridgehead atoms. The lowest BCUT2D eigenvalue weighted by molar-refractivity contribution is -0.139. The number of Topliss-reactive ketones (excluding diaryl/α,β-unsaturated/α-hetero) is 1. The van der Waals surface area contributed by atoms with E-state index in [1.807, 2.05) is 26.0 Å². The molecule has 0 aromatic heterocycles. The molecule has 26 heavy (non-hydrogen) atoms. The van der Waals surface area contributed by atoms with Crippen molar-refractivity contribution in [3.8, 4) is 11.5 Å². The maximum absolute atomic E-state index is 12.3. The highest BCUT2D eigenvalue weighted by Gasteiger charge is 2.16. The van der Waals surface area contributed by atoms with Crippen LogP contribution in [0.1, 0.15) is 21.5 Å². The number of rotatable bonds is 8.